The highest BCUT2D eigenvalue weighted by Gasteiger charge is 2.05. The minimum Gasteiger partial charge on any atom is -0.399 e. The fourth-order valence-corrected chi connectivity index (χ4v) is 0.913. The molecule has 19 heavy (non-hydrogen) atoms. The fourth-order valence-electron chi connectivity index (χ4n) is 0.913. The van der Waals surface area contributed by atoms with Crippen LogP contribution in [-0.2, 0) is 0 Å². The van der Waals surface area contributed by atoms with E-state index in [1.54, 1.807) is 24.3 Å². The normalized spacial score (nSPS) is 8.63. The molecule has 0 radical (unpaired) electrons. The molecule has 2 nitrogen and oxygen atoms in total. The van der Waals surface area contributed by atoms with E-state index >= 15 is 0 Å². The average Bonchev–Trinajstić information content (AvgIpc) is 2.48. The van der Waals surface area contributed by atoms with E-state index in [1.165, 1.54) is 6.08 Å². The molecular formula is C17H25NO. The molecule has 0 fully saturated rings. The van der Waals surface area contributed by atoms with Gasteiger partial charge in [-0.05, 0) is 38.1 Å². The SMILES string of the molecule is C/C=C\C.C=CC(=C)C(=O)c1ccc(N)cc1.CC. The third-order valence-corrected chi connectivity index (χ3v) is 2.04. The van der Waals surface area contributed by atoms with E-state index in [-0.39, 0.29) is 5.78 Å². The third kappa shape index (κ3) is 8.61. The maximum atomic E-state index is 11.5. The summed E-state index contributed by atoms with van der Waals surface area (Å²) in [4.78, 5) is 11.5. The van der Waals surface area contributed by atoms with Gasteiger partial charge in [-0.2, -0.15) is 0 Å². The fraction of sp³-hybridized carbons (Fsp3) is 0.235. The largest absolute Gasteiger partial charge is 0.399 e. The van der Waals surface area contributed by atoms with Crippen molar-refractivity contribution in [1.29, 1.82) is 0 Å². The number of Topliss-reactive ketones (excluding diaryl/α,β-unsaturated/α-hetero) is 1. The van der Waals surface area contributed by atoms with Crippen molar-refractivity contribution in [2.45, 2.75) is 27.7 Å². The summed E-state index contributed by atoms with van der Waals surface area (Å²) in [5.74, 6) is -0.116. The van der Waals surface area contributed by atoms with E-state index < -0.39 is 0 Å². The Labute approximate surface area is 117 Å². The van der Waals surface area contributed by atoms with Gasteiger partial charge in [0.25, 0.3) is 0 Å². The topological polar surface area (TPSA) is 43.1 Å². The van der Waals surface area contributed by atoms with Crippen LogP contribution in [0, 0.1) is 0 Å². The second-order valence-corrected chi connectivity index (χ2v) is 3.35. The molecule has 0 atom stereocenters. The molecule has 0 unspecified atom stereocenters. The molecule has 1 rings (SSSR count). The number of nitrogen functional groups attached to an aromatic ring is 1. The molecule has 0 aromatic heterocycles. The zero-order valence-electron chi connectivity index (χ0n) is 12.4. The summed E-state index contributed by atoms with van der Waals surface area (Å²) in [5, 5.41) is 0. The Morgan fingerprint density at radius 2 is 1.53 bits per heavy atom. The van der Waals surface area contributed by atoms with Gasteiger partial charge in [0.05, 0.1) is 0 Å². The van der Waals surface area contributed by atoms with Crippen molar-refractivity contribution in [2.24, 2.45) is 0 Å². The van der Waals surface area contributed by atoms with Gasteiger partial charge < -0.3 is 5.73 Å². The Morgan fingerprint density at radius 3 is 1.84 bits per heavy atom. The molecule has 0 aliphatic carbocycles. The second-order valence-electron chi connectivity index (χ2n) is 3.35. The van der Waals surface area contributed by atoms with Crippen LogP contribution in [0.2, 0.25) is 0 Å². The van der Waals surface area contributed by atoms with Crippen LogP contribution in [-0.4, -0.2) is 5.78 Å². The molecular weight excluding hydrogens is 234 g/mol. The van der Waals surface area contributed by atoms with E-state index in [1.807, 2.05) is 39.8 Å². The number of allylic oxidation sites excluding steroid dienone is 4. The molecule has 0 saturated carbocycles. The van der Waals surface area contributed by atoms with Crippen LogP contribution in [0.4, 0.5) is 5.69 Å². The lowest BCUT2D eigenvalue weighted by molar-refractivity contribution is 0.103. The number of carbonyl (C=O) groups is 1. The molecule has 0 bridgehead atoms. The van der Waals surface area contributed by atoms with Crippen LogP contribution >= 0.6 is 0 Å². The van der Waals surface area contributed by atoms with Gasteiger partial charge in [0.1, 0.15) is 0 Å². The first-order chi connectivity index (χ1) is 9.06. The summed E-state index contributed by atoms with van der Waals surface area (Å²) in [6, 6.07) is 6.71. The third-order valence-electron chi connectivity index (χ3n) is 2.04. The minimum absolute atomic E-state index is 0.116. The first kappa shape index (κ1) is 19.3. The van der Waals surface area contributed by atoms with Crippen LogP contribution in [0.1, 0.15) is 38.1 Å². The monoisotopic (exact) mass is 259 g/mol. The van der Waals surface area contributed by atoms with Gasteiger partial charge in [-0.15, -0.1) is 0 Å². The van der Waals surface area contributed by atoms with Gasteiger partial charge in [0, 0.05) is 16.8 Å². The van der Waals surface area contributed by atoms with Crippen LogP contribution in [0.15, 0.2) is 61.2 Å². The summed E-state index contributed by atoms with van der Waals surface area (Å²) in [6.07, 6.45) is 5.44. The number of hydrogen-bond acceptors (Lipinski definition) is 2. The van der Waals surface area contributed by atoms with Crippen LogP contribution < -0.4 is 5.73 Å². The molecule has 0 amide bonds. The highest BCUT2D eigenvalue weighted by Crippen LogP contribution is 2.10. The Kier molecular flexibility index (Phi) is 12.5. The molecule has 0 aliphatic heterocycles. The Hall–Kier alpha value is -2.09. The number of carbonyl (C=O) groups excluding carboxylic acids is 1. The summed E-state index contributed by atoms with van der Waals surface area (Å²) < 4.78 is 0. The van der Waals surface area contributed by atoms with Gasteiger partial charge in [0.2, 0.25) is 0 Å². The standard InChI is InChI=1S/C11H11NO.C4H8.C2H6/c1-3-8(2)11(13)9-4-6-10(12)7-5-9;1-3-4-2;1-2/h3-7H,1-2,12H2;3-4H,1-2H3;1-2H3/b;4-3-;. The summed E-state index contributed by atoms with van der Waals surface area (Å²) in [6.45, 7) is 15.1. The van der Waals surface area contributed by atoms with E-state index in [9.17, 15) is 4.79 Å². The molecule has 2 heteroatoms. The number of ketones is 1. The molecule has 1 aromatic rings. The zero-order valence-corrected chi connectivity index (χ0v) is 12.4. The van der Waals surface area contributed by atoms with Crippen molar-refractivity contribution >= 4 is 11.5 Å². The van der Waals surface area contributed by atoms with Gasteiger partial charge in [0.15, 0.2) is 5.78 Å². The quantitative estimate of drug-likeness (QED) is 0.278. The summed E-state index contributed by atoms with van der Waals surface area (Å²) >= 11 is 0. The predicted molar refractivity (Wildman–Crippen MR) is 86.4 cm³/mol. The maximum Gasteiger partial charge on any atom is 0.192 e. The molecule has 2 N–H and O–H groups in total. The molecule has 0 aliphatic rings. The number of benzene rings is 1. The number of nitrogens with two attached hydrogens (primary N) is 1. The van der Waals surface area contributed by atoms with Gasteiger partial charge in [-0.1, -0.05) is 45.2 Å². The van der Waals surface area contributed by atoms with Crippen molar-refractivity contribution < 1.29 is 4.79 Å². The number of anilines is 1. The highest BCUT2D eigenvalue weighted by atomic mass is 16.1. The molecule has 104 valence electrons. The molecule has 0 heterocycles. The molecule has 0 spiro atoms. The van der Waals surface area contributed by atoms with Gasteiger partial charge >= 0.3 is 0 Å². The first-order valence-corrected chi connectivity index (χ1v) is 6.35. The molecule has 0 saturated heterocycles. The highest BCUT2D eigenvalue weighted by molar-refractivity contribution is 6.10. The number of hydrogen-bond donors (Lipinski definition) is 1. The Balaban J connectivity index is 0. The van der Waals surface area contributed by atoms with Crippen molar-refractivity contribution in [3.05, 3.63) is 66.8 Å². The first-order valence-electron chi connectivity index (χ1n) is 6.35. The summed E-state index contributed by atoms with van der Waals surface area (Å²) in [5.41, 5.74) is 7.10. The number of rotatable bonds is 3. The average molecular weight is 259 g/mol. The van der Waals surface area contributed by atoms with Crippen LogP contribution in [0.5, 0.6) is 0 Å². The van der Waals surface area contributed by atoms with Gasteiger partial charge in [-0.25, -0.2) is 0 Å². The van der Waals surface area contributed by atoms with Crippen molar-refractivity contribution in [1.82, 2.24) is 0 Å². The van der Waals surface area contributed by atoms with Crippen molar-refractivity contribution in [2.75, 3.05) is 5.73 Å². The predicted octanol–water partition coefficient (Wildman–Crippen LogP) is 4.80. The van der Waals surface area contributed by atoms with Crippen molar-refractivity contribution in [3.63, 3.8) is 0 Å². The lowest BCUT2D eigenvalue weighted by Gasteiger charge is -1.99. The second kappa shape index (κ2) is 12.4. The summed E-state index contributed by atoms with van der Waals surface area (Å²) in [7, 11) is 0. The minimum atomic E-state index is -0.116. The lowest BCUT2D eigenvalue weighted by Crippen LogP contribution is -2.00. The maximum absolute atomic E-state index is 11.5. The zero-order chi connectivity index (χ0) is 15.3. The van der Waals surface area contributed by atoms with E-state index in [0.717, 1.165) is 0 Å². The van der Waals surface area contributed by atoms with E-state index in [4.69, 9.17) is 5.73 Å². The van der Waals surface area contributed by atoms with Crippen LogP contribution in [0.25, 0.3) is 0 Å². The molecule has 1 aromatic carbocycles. The Bertz CT molecular complexity index is 409. The van der Waals surface area contributed by atoms with Crippen molar-refractivity contribution in [3.8, 4) is 0 Å². The Morgan fingerprint density at radius 1 is 1.11 bits per heavy atom. The van der Waals surface area contributed by atoms with E-state index in [0.29, 0.717) is 16.8 Å². The van der Waals surface area contributed by atoms with Gasteiger partial charge in [-0.3, -0.25) is 4.79 Å². The smallest absolute Gasteiger partial charge is 0.192 e. The van der Waals surface area contributed by atoms with Crippen LogP contribution in [0.3, 0.4) is 0 Å². The lowest BCUT2D eigenvalue weighted by atomic mass is 10.0. The van der Waals surface area contributed by atoms with E-state index in [2.05, 4.69) is 13.2 Å².